The maximum absolute atomic E-state index is 12.5. The maximum Gasteiger partial charge on any atom is 0.322 e. The molecular weight excluding hydrogens is 368 g/mol. The van der Waals surface area contributed by atoms with Crippen LogP contribution in [0.1, 0.15) is 0 Å². The largest absolute Gasteiger partial charge is 0.475 e. The predicted molar refractivity (Wildman–Crippen MR) is 106 cm³/mol. The molecule has 0 radical (unpaired) electrons. The minimum Gasteiger partial charge on any atom is -0.475 e. The van der Waals surface area contributed by atoms with Crippen molar-refractivity contribution in [3.63, 3.8) is 0 Å². The number of pyridine rings is 1. The number of ether oxygens (including phenoxy) is 2. The van der Waals surface area contributed by atoms with Crippen LogP contribution in [0.2, 0.25) is 5.02 Å². The van der Waals surface area contributed by atoms with Crippen molar-refractivity contribution in [1.82, 2.24) is 9.88 Å². The van der Waals surface area contributed by atoms with E-state index >= 15 is 0 Å². The Morgan fingerprint density at radius 1 is 1.19 bits per heavy atom. The lowest BCUT2D eigenvalue weighted by Gasteiger charge is -2.36. The molecule has 0 atom stereocenters. The van der Waals surface area contributed by atoms with Gasteiger partial charge in [0.25, 0.3) is 0 Å². The second kappa shape index (κ2) is 9.43. The molecule has 1 saturated heterocycles. The van der Waals surface area contributed by atoms with E-state index in [9.17, 15) is 4.79 Å². The van der Waals surface area contributed by atoms with Crippen LogP contribution in [-0.2, 0) is 4.74 Å². The van der Waals surface area contributed by atoms with Gasteiger partial charge in [0, 0.05) is 50.1 Å². The zero-order chi connectivity index (χ0) is 19.1. The molecule has 1 aromatic carbocycles. The van der Waals surface area contributed by atoms with Crippen molar-refractivity contribution in [3.05, 3.63) is 47.6 Å². The van der Waals surface area contributed by atoms with Crippen LogP contribution in [0.4, 0.5) is 16.2 Å². The topological polar surface area (TPSA) is 66.9 Å². The summed E-state index contributed by atoms with van der Waals surface area (Å²) in [4.78, 5) is 20.7. The Morgan fingerprint density at radius 3 is 2.67 bits per heavy atom. The van der Waals surface area contributed by atoms with Gasteiger partial charge in [-0.3, -0.25) is 0 Å². The van der Waals surface area contributed by atoms with Gasteiger partial charge in [-0.05, 0) is 24.3 Å². The average Bonchev–Trinajstić information content (AvgIpc) is 2.69. The lowest BCUT2D eigenvalue weighted by Crippen LogP contribution is -2.50. The van der Waals surface area contributed by atoms with Crippen LogP contribution in [0, 0.1) is 0 Å². The van der Waals surface area contributed by atoms with Gasteiger partial charge in [0.1, 0.15) is 6.61 Å². The summed E-state index contributed by atoms with van der Waals surface area (Å²) in [6, 6.07) is 11.1. The maximum atomic E-state index is 12.5. The van der Waals surface area contributed by atoms with Gasteiger partial charge in [-0.2, -0.15) is 0 Å². The first-order valence-corrected chi connectivity index (χ1v) is 9.18. The number of hydrogen-bond donors (Lipinski definition) is 1. The number of urea groups is 1. The molecule has 3 rings (SSSR count). The molecule has 1 N–H and O–H groups in total. The average molecular weight is 391 g/mol. The number of nitrogens with zero attached hydrogens (tertiary/aromatic N) is 3. The molecular formula is C19H23ClN4O3. The first-order chi connectivity index (χ1) is 13.2. The predicted octanol–water partition coefficient (Wildman–Crippen LogP) is 3.11. The molecule has 2 amide bonds. The van der Waals surface area contributed by atoms with E-state index in [4.69, 9.17) is 21.1 Å². The number of benzene rings is 1. The molecule has 1 aliphatic rings. The van der Waals surface area contributed by atoms with Crippen LogP contribution in [0.5, 0.6) is 5.88 Å². The van der Waals surface area contributed by atoms with Crippen molar-refractivity contribution >= 4 is 29.0 Å². The number of anilines is 2. The fourth-order valence-electron chi connectivity index (χ4n) is 2.81. The number of halogens is 1. The van der Waals surface area contributed by atoms with Crippen LogP contribution >= 0.6 is 11.6 Å². The molecule has 1 fully saturated rings. The van der Waals surface area contributed by atoms with Crippen molar-refractivity contribution < 1.29 is 14.3 Å². The van der Waals surface area contributed by atoms with E-state index in [0.717, 1.165) is 23.8 Å². The number of carbonyl (C=O) groups is 1. The Morgan fingerprint density at radius 2 is 2.00 bits per heavy atom. The van der Waals surface area contributed by atoms with Crippen molar-refractivity contribution in [2.45, 2.75) is 0 Å². The van der Waals surface area contributed by atoms with Crippen LogP contribution in [0.25, 0.3) is 0 Å². The number of rotatable bonds is 6. The fourth-order valence-corrected chi connectivity index (χ4v) is 3.00. The molecule has 2 aromatic rings. The number of amides is 2. The normalized spacial score (nSPS) is 14.1. The van der Waals surface area contributed by atoms with Gasteiger partial charge in [-0.15, -0.1) is 0 Å². The second-order valence-corrected chi connectivity index (χ2v) is 6.55. The fraction of sp³-hybridized carbons (Fsp3) is 0.368. The summed E-state index contributed by atoms with van der Waals surface area (Å²) in [6.07, 6.45) is 1.59. The molecule has 2 heterocycles. The van der Waals surface area contributed by atoms with Gasteiger partial charge in [0.05, 0.1) is 18.5 Å². The van der Waals surface area contributed by atoms with E-state index < -0.39 is 0 Å². The lowest BCUT2D eigenvalue weighted by molar-refractivity contribution is 0.144. The molecule has 8 heteroatoms. The number of nitrogens with one attached hydrogen (secondary N) is 1. The third-order valence-electron chi connectivity index (χ3n) is 4.27. The van der Waals surface area contributed by atoms with Crippen molar-refractivity contribution in [3.8, 4) is 5.88 Å². The van der Waals surface area contributed by atoms with Gasteiger partial charge < -0.3 is 24.6 Å². The van der Waals surface area contributed by atoms with Gasteiger partial charge in [0.2, 0.25) is 5.88 Å². The Balaban J connectivity index is 1.48. The Hall–Kier alpha value is -2.51. The van der Waals surface area contributed by atoms with Crippen LogP contribution < -0.4 is 15.0 Å². The summed E-state index contributed by atoms with van der Waals surface area (Å²) in [5.74, 6) is 0.500. The van der Waals surface area contributed by atoms with Crippen LogP contribution in [-0.4, -0.2) is 62.4 Å². The minimum absolute atomic E-state index is 0.129. The highest BCUT2D eigenvalue weighted by atomic mass is 35.5. The summed E-state index contributed by atoms with van der Waals surface area (Å²) in [5, 5.41) is 3.59. The van der Waals surface area contributed by atoms with Crippen LogP contribution in [0.15, 0.2) is 42.6 Å². The monoisotopic (exact) mass is 390 g/mol. The number of carbonyl (C=O) groups excluding carboxylic acids is 1. The molecule has 0 saturated carbocycles. The standard InChI is InChI=1S/C19H23ClN4O3/c1-26-11-12-27-18-6-5-16(14-21-18)22-19(25)24-9-7-23(8-10-24)17-4-2-3-15(20)13-17/h2-6,13-14H,7-12H2,1H3,(H,22,25). The first kappa shape index (κ1) is 19.3. The molecule has 7 nitrogen and oxygen atoms in total. The van der Waals surface area contributed by atoms with Crippen LogP contribution in [0.3, 0.4) is 0 Å². The van der Waals surface area contributed by atoms with E-state index in [1.807, 2.05) is 24.3 Å². The van der Waals surface area contributed by atoms with E-state index in [1.54, 1.807) is 30.3 Å². The molecule has 0 spiro atoms. The van der Waals surface area contributed by atoms with Crippen molar-refractivity contribution in [1.29, 1.82) is 0 Å². The molecule has 144 valence electrons. The highest BCUT2D eigenvalue weighted by Gasteiger charge is 2.21. The third kappa shape index (κ3) is 5.48. The quantitative estimate of drug-likeness (QED) is 0.767. The van der Waals surface area contributed by atoms with Gasteiger partial charge in [-0.1, -0.05) is 17.7 Å². The zero-order valence-corrected chi connectivity index (χ0v) is 16.0. The number of piperazine rings is 1. The molecule has 0 bridgehead atoms. The Bertz CT molecular complexity index is 749. The molecule has 0 aliphatic carbocycles. The van der Waals surface area contributed by atoms with E-state index in [-0.39, 0.29) is 6.03 Å². The molecule has 0 unspecified atom stereocenters. The summed E-state index contributed by atoms with van der Waals surface area (Å²) in [6.45, 7) is 3.75. The minimum atomic E-state index is -0.129. The summed E-state index contributed by atoms with van der Waals surface area (Å²) >= 11 is 6.06. The van der Waals surface area contributed by atoms with E-state index in [0.29, 0.717) is 37.9 Å². The Labute approximate surface area is 163 Å². The summed E-state index contributed by atoms with van der Waals surface area (Å²) < 4.78 is 10.3. The second-order valence-electron chi connectivity index (χ2n) is 6.11. The highest BCUT2D eigenvalue weighted by Crippen LogP contribution is 2.21. The highest BCUT2D eigenvalue weighted by molar-refractivity contribution is 6.30. The van der Waals surface area contributed by atoms with Gasteiger partial charge >= 0.3 is 6.03 Å². The number of hydrogen-bond acceptors (Lipinski definition) is 5. The summed E-state index contributed by atoms with van der Waals surface area (Å²) in [5.41, 5.74) is 1.71. The molecule has 1 aromatic heterocycles. The zero-order valence-electron chi connectivity index (χ0n) is 15.2. The molecule has 27 heavy (non-hydrogen) atoms. The lowest BCUT2D eigenvalue weighted by atomic mass is 10.2. The van der Waals surface area contributed by atoms with Gasteiger partial charge in [0.15, 0.2) is 0 Å². The van der Waals surface area contributed by atoms with Gasteiger partial charge in [-0.25, -0.2) is 9.78 Å². The molecule has 1 aliphatic heterocycles. The smallest absolute Gasteiger partial charge is 0.322 e. The van der Waals surface area contributed by atoms with E-state index in [1.165, 1.54) is 0 Å². The van der Waals surface area contributed by atoms with Crippen molar-refractivity contribution in [2.75, 3.05) is 56.7 Å². The Kier molecular flexibility index (Phi) is 6.73. The van der Waals surface area contributed by atoms with Crippen molar-refractivity contribution in [2.24, 2.45) is 0 Å². The third-order valence-corrected chi connectivity index (χ3v) is 4.50. The number of methoxy groups -OCH3 is 1. The summed E-state index contributed by atoms with van der Waals surface area (Å²) in [7, 11) is 1.62. The number of aromatic nitrogens is 1. The first-order valence-electron chi connectivity index (χ1n) is 8.80. The van der Waals surface area contributed by atoms with E-state index in [2.05, 4.69) is 15.2 Å². The SMILES string of the molecule is COCCOc1ccc(NC(=O)N2CCN(c3cccc(Cl)c3)CC2)cn1.